The van der Waals surface area contributed by atoms with E-state index in [1.54, 1.807) is 11.3 Å². The molecule has 0 spiro atoms. The summed E-state index contributed by atoms with van der Waals surface area (Å²) in [5, 5.41) is 8.85. The maximum Gasteiger partial charge on any atom is 0.183 e. The average molecular weight is 329 g/mol. The molecule has 0 aliphatic heterocycles. The van der Waals surface area contributed by atoms with E-state index in [4.69, 9.17) is 4.98 Å². The fourth-order valence-electron chi connectivity index (χ4n) is 2.73. The zero-order valence-corrected chi connectivity index (χ0v) is 14.4. The van der Waals surface area contributed by atoms with Crippen LogP contribution in [0.1, 0.15) is 29.1 Å². The van der Waals surface area contributed by atoms with Crippen LogP contribution in [-0.2, 0) is 6.54 Å². The molecule has 0 saturated heterocycles. The van der Waals surface area contributed by atoms with Gasteiger partial charge in [0, 0.05) is 33.3 Å². The summed E-state index contributed by atoms with van der Waals surface area (Å²) in [5.74, 6) is 0. The Morgan fingerprint density at radius 3 is 2.91 bits per heavy atom. The van der Waals surface area contributed by atoms with E-state index >= 15 is 0 Å². The highest BCUT2D eigenvalue weighted by Gasteiger charge is 2.22. The van der Waals surface area contributed by atoms with Crippen molar-refractivity contribution in [3.05, 3.63) is 45.2 Å². The van der Waals surface area contributed by atoms with Gasteiger partial charge < -0.3 is 9.88 Å². The number of hydrogen-bond donors (Lipinski definition) is 1. The Morgan fingerprint density at radius 2 is 2.18 bits per heavy atom. The number of aromatic nitrogens is 2. The highest BCUT2D eigenvalue weighted by molar-refractivity contribution is 7.14. The molecule has 1 fully saturated rings. The average Bonchev–Trinajstić information content (AvgIpc) is 2.90. The minimum Gasteiger partial charge on any atom is -0.359 e. The molecule has 3 heterocycles. The molecule has 0 radical (unpaired) electrons. The normalized spacial score (nSPS) is 14.5. The highest BCUT2D eigenvalue weighted by Crippen LogP contribution is 2.32. The van der Waals surface area contributed by atoms with Crippen molar-refractivity contribution in [2.75, 3.05) is 5.32 Å². The molecule has 0 bridgehead atoms. The van der Waals surface area contributed by atoms with Gasteiger partial charge in [-0.1, -0.05) is 6.07 Å². The van der Waals surface area contributed by atoms with Gasteiger partial charge in [-0.2, -0.15) is 0 Å². The van der Waals surface area contributed by atoms with Crippen molar-refractivity contribution >= 4 is 27.8 Å². The number of anilines is 1. The molecule has 1 aliphatic rings. The molecule has 4 rings (SSSR count). The van der Waals surface area contributed by atoms with E-state index < -0.39 is 0 Å². The van der Waals surface area contributed by atoms with E-state index in [9.17, 15) is 0 Å². The second-order valence-electron chi connectivity index (χ2n) is 5.91. The molecular weight excluding hydrogens is 310 g/mol. The Hall–Kier alpha value is -1.59. The van der Waals surface area contributed by atoms with Crippen molar-refractivity contribution in [2.24, 2.45) is 0 Å². The predicted molar refractivity (Wildman–Crippen MR) is 95.1 cm³/mol. The summed E-state index contributed by atoms with van der Waals surface area (Å²) in [5.41, 5.74) is 4.95. The van der Waals surface area contributed by atoms with Gasteiger partial charge in [0.1, 0.15) is 0 Å². The first-order chi connectivity index (χ1) is 10.7. The largest absolute Gasteiger partial charge is 0.359 e. The number of aryl methyl sites for hydroxylation is 1. The third kappa shape index (κ3) is 2.71. The number of nitrogens with zero attached hydrogens (tertiary/aromatic N) is 2. The van der Waals surface area contributed by atoms with Crippen LogP contribution in [0.2, 0.25) is 0 Å². The summed E-state index contributed by atoms with van der Waals surface area (Å²) < 4.78 is 2.38. The van der Waals surface area contributed by atoms with Crippen molar-refractivity contribution in [1.29, 1.82) is 0 Å². The lowest BCUT2D eigenvalue weighted by atomic mass is 10.2. The zero-order valence-electron chi connectivity index (χ0n) is 12.8. The Labute approximate surface area is 138 Å². The van der Waals surface area contributed by atoms with Gasteiger partial charge in [-0.05, 0) is 44.2 Å². The molecule has 0 aromatic carbocycles. The molecule has 1 N–H and O–H groups in total. The first-order valence-corrected chi connectivity index (χ1v) is 9.38. The van der Waals surface area contributed by atoms with Crippen LogP contribution in [0, 0.1) is 13.8 Å². The van der Waals surface area contributed by atoms with E-state index in [2.05, 4.69) is 52.7 Å². The predicted octanol–water partition coefficient (Wildman–Crippen LogP) is 4.91. The Kier molecular flexibility index (Phi) is 3.54. The van der Waals surface area contributed by atoms with Crippen LogP contribution in [0.3, 0.4) is 0 Å². The smallest absolute Gasteiger partial charge is 0.183 e. The topological polar surface area (TPSA) is 29.9 Å². The number of rotatable bonds is 5. The fourth-order valence-corrected chi connectivity index (χ4v) is 4.21. The van der Waals surface area contributed by atoms with Crippen LogP contribution in [0.15, 0.2) is 29.0 Å². The fraction of sp³-hybridized carbons (Fsp3) is 0.353. The third-order valence-corrected chi connectivity index (χ3v) is 5.79. The van der Waals surface area contributed by atoms with Crippen LogP contribution in [0.4, 0.5) is 5.13 Å². The number of thiazole rings is 1. The van der Waals surface area contributed by atoms with Crippen molar-refractivity contribution < 1.29 is 0 Å². The molecule has 1 saturated carbocycles. The van der Waals surface area contributed by atoms with Crippen LogP contribution in [0.25, 0.3) is 11.3 Å². The summed E-state index contributed by atoms with van der Waals surface area (Å²) in [6.45, 7) is 5.33. The molecule has 3 aromatic heterocycles. The number of hydrogen-bond acceptors (Lipinski definition) is 4. The lowest BCUT2D eigenvalue weighted by Gasteiger charge is -2.08. The Bertz CT molecular complexity index is 779. The lowest BCUT2D eigenvalue weighted by Crippen LogP contribution is -2.02. The van der Waals surface area contributed by atoms with Crippen molar-refractivity contribution in [1.82, 2.24) is 9.55 Å². The second-order valence-corrected chi connectivity index (χ2v) is 7.80. The SMILES string of the molecule is Cc1cc(-c2csc(NC3CC3)n2)c(C)n1Cc1cccs1. The van der Waals surface area contributed by atoms with Crippen LogP contribution in [-0.4, -0.2) is 15.6 Å². The highest BCUT2D eigenvalue weighted by atomic mass is 32.1. The van der Waals surface area contributed by atoms with Crippen LogP contribution in [0.5, 0.6) is 0 Å². The minimum absolute atomic E-state index is 0.658. The maximum atomic E-state index is 4.77. The molecule has 1 aliphatic carbocycles. The summed E-state index contributed by atoms with van der Waals surface area (Å²) in [6, 6.07) is 7.23. The van der Waals surface area contributed by atoms with Gasteiger partial charge in [-0.25, -0.2) is 4.98 Å². The van der Waals surface area contributed by atoms with Gasteiger partial charge in [-0.15, -0.1) is 22.7 Å². The minimum atomic E-state index is 0.658. The zero-order chi connectivity index (χ0) is 15.1. The first kappa shape index (κ1) is 14.0. The van der Waals surface area contributed by atoms with Crippen LogP contribution < -0.4 is 5.32 Å². The van der Waals surface area contributed by atoms with Crippen molar-refractivity contribution in [3.8, 4) is 11.3 Å². The van der Waals surface area contributed by atoms with Gasteiger partial charge >= 0.3 is 0 Å². The first-order valence-electron chi connectivity index (χ1n) is 7.62. The van der Waals surface area contributed by atoms with Gasteiger partial charge in [0.2, 0.25) is 0 Å². The summed E-state index contributed by atoms with van der Waals surface area (Å²) >= 11 is 3.53. The van der Waals surface area contributed by atoms with Crippen LogP contribution >= 0.6 is 22.7 Å². The third-order valence-electron chi connectivity index (χ3n) is 4.15. The monoisotopic (exact) mass is 329 g/mol. The van der Waals surface area contributed by atoms with Crippen molar-refractivity contribution in [2.45, 2.75) is 39.3 Å². The van der Waals surface area contributed by atoms with E-state index in [-0.39, 0.29) is 0 Å². The van der Waals surface area contributed by atoms with E-state index in [0.717, 1.165) is 17.4 Å². The second kappa shape index (κ2) is 5.56. The van der Waals surface area contributed by atoms with E-state index in [1.807, 2.05) is 11.3 Å². The number of nitrogens with one attached hydrogen (secondary N) is 1. The van der Waals surface area contributed by atoms with E-state index in [0.29, 0.717) is 6.04 Å². The van der Waals surface area contributed by atoms with Gasteiger partial charge in [0.15, 0.2) is 5.13 Å². The summed E-state index contributed by atoms with van der Waals surface area (Å²) in [7, 11) is 0. The lowest BCUT2D eigenvalue weighted by molar-refractivity contribution is 0.760. The molecule has 0 unspecified atom stereocenters. The Balaban J connectivity index is 1.62. The quantitative estimate of drug-likeness (QED) is 0.720. The van der Waals surface area contributed by atoms with Gasteiger partial charge in [-0.3, -0.25) is 0 Å². The van der Waals surface area contributed by atoms with E-state index in [1.165, 1.54) is 34.7 Å². The summed E-state index contributed by atoms with van der Waals surface area (Å²) in [6.07, 6.45) is 2.56. The molecule has 0 atom stereocenters. The van der Waals surface area contributed by atoms with Crippen molar-refractivity contribution in [3.63, 3.8) is 0 Å². The number of thiophene rings is 1. The molecule has 0 amide bonds. The molecule has 114 valence electrons. The standard InChI is InChI=1S/C17H19N3S2/c1-11-8-15(12(2)20(11)9-14-4-3-7-21-14)16-10-22-17(19-16)18-13-5-6-13/h3-4,7-8,10,13H,5-6,9H2,1-2H3,(H,18,19). The molecular formula is C17H19N3S2. The maximum absolute atomic E-state index is 4.77. The Morgan fingerprint density at radius 1 is 1.32 bits per heavy atom. The molecule has 5 heteroatoms. The molecule has 3 nitrogen and oxygen atoms in total. The molecule has 3 aromatic rings. The van der Waals surface area contributed by atoms with Gasteiger partial charge in [0.25, 0.3) is 0 Å². The molecule has 22 heavy (non-hydrogen) atoms. The van der Waals surface area contributed by atoms with Gasteiger partial charge in [0.05, 0.1) is 12.2 Å². The summed E-state index contributed by atoms with van der Waals surface area (Å²) in [4.78, 5) is 6.16.